The number of nitrogens with one attached hydrogen (secondary N) is 1. The van der Waals surface area contributed by atoms with E-state index < -0.39 is 0 Å². The molecule has 5 heteroatoms. The molecule has 0 aromatic heterocycles. The fraction of sp³-hybridized carbons (Fsp3) is 0.533. The molecular formula is C15H24N2O3. The Labute approximate surface area is 120 Å². The number of methoxy groups -OCH3 is 1. The third-order valence-electron chi connectivity index (χ3n) is 2.96. The maximum Gasteiger partial charge on any atom is 0.226 e. The molecule has 0 heterocycles. The summed E-state index contributed by atoms with van der Waals surface area (Å²) in [6.45, 7) is 4.55. The lowest BCUT2D eigenvalue weighted by atomic mass is 10.2. The van der Waals surface area contributed by atoms with Gasteiger partial charge in [-0.25, -0.2) is 0 Å². The molecule has 5 nitrogen and oxygen atoms in total. The van der Waals surface area contributed by atoms with Gasteiger partial charge in [-0.3, -0.25) is 4.79 Å². The molecule has 0 aliphatic heterocycles. The molecule has 1 aromatic rings. The van der Waals surface area contributed by atoms with Crippen LogP contribution < -0.4 is 15.8 Å². The summed E-state index contributed by atoms with van der Waals surface area (Å²) in [4.78, 5) is 11.8. The fourth-order valence-corrected chi connectivity index (χ4v) is 1.84. The lowest BCUT2D eigenvalue weighted by molar-refractivity contribution is -0.117. The van der Waals surface area contributed by atoms with Crippen molar-refractivity contribution in [2.75, 3.05) is 24.8 Å². The van der Waals surface area contributed by atoms with Crippen molar-refractivity contribution in [3.05, 3.63) is 18.2 Å². The zero-order chi connectivity index (χ0) is 15.0. The Balaban J connectivity index is 2.39. The summed E-state index contributed by atoms with van der Waals surface area (Å²) in [6.07, 6.45) is 2.60. The van der Waals surface area contributed by atoms with Gasteiger partial charge in [-0.15, -0.1) is 0 Å². The van der Waals surface area contributed by atoms with Gasteiger partial charge < -0.3 is 20.5 Å². The van der Waals surface area contributed by atoms with Crippen LogP contribution in [0.3, 0.4) is 0 Å². The van der Waals surface area contributed by atoms with E-state index in [4.69, 9.17) is 15.2 Å². The number of hydrogen-bond donors (Lipinski definition) is 2. The van der Waals surface area contributed by atoms with Crippen LogP contribution in [0.1, 0.15) is 33.1 Å². The summed E-state index contributed by atoms with van der Waals surface area (Å²) in [5.74, 6) is 0.558. The maximum absolute atomic E-state index is 11.8. The number of anilines is 2. The zero-order valence-electron chi connectivity index (χ0n) is 12.4. The van der Waals surface area contributed by atoms with E-state index in [0.717, 1.165) is 12.8 Å². The van der Waals surface area contributed by atoms with Crippen molar-refractivity contribution in [1.29, 1.82) is 0 Å². The molecule has 0 fully saturated rings. The van der Waals surface area contributed by atoms with E-state index in [9.17, 15) is 4.79 Å². The van der Waals surface area contributed by atoms with Crippen LogP contribution in [-0.4, -0.2) is 25.7 Å². The zero-order valence-corrected chi connectivity index (χ0v) is 12.4. The molecule has 0 bridgehead atoms. The summed E-state index contributed by atoms with van der Waals surface area (Å²) >= 11 is 0. The highest BCUT2D eigenvalue weighted by Gasteiger charge is 2.07. The summed E-state index contributed by atoms with van der Waals surface area (Å²) in [5.41, 5.74) is 6.91. The first-order valence-electron chi connectivity index (χ1n) is 6.91. The molecule has 0 radical (unpaired) electrons. The first-order chi connectivity index (χ1) is 9.56. The first-order valence-corrected chi connectivity index (χ1v) is 6.91. The second-order valence-corrected chi connectivity index (χ2v) is 4.72. The minimum atomic E-state index is -0.106. The van der Waals surface area contributed by atoms with Gasteiger partial charge in [-0.2, -0.15) is 0 Å². The molecule has 1 amide bonds. The normalized spacial score (nSPS) is 11.9. The highest BCUT2D eigenvalue weighted by molar-refractivity contribution is 5.94. The van der Waals surface area contributed by atoms with E-state index in [0.29, 0.717) is 30.2 Å². The molecule has 0 spiro atoms. The van der Waals surface area contributed by atoms with E-state index in [1.165, 1.54) is 0 Å². The number of benzene rings is 1. The SMILES string of the molecule is CCCC(C)OCCC(=O)Nc1ccc(OC)cc1N. The molecule has 0 saturated carbocycles. The number of hydrogen-bond acceptors (Lipinski definition) is 4. The molecule has 0 aliphatic carbocycles. The van der Waals surface area contributed by atoms with Gasteiger partial charge in [-0.1, -0.05) is 13.3 Å². The van der Waals surface area contributed by atoms with Crippen LogP contribution in [0, 0.1) is 0 Å². The topological polar surface area (TPSA) is 73.6 Å². The van der Waals surface area contributed by atoms with Gasteiger partial charge in [0.05, 0.1) is 37.6 Å². The van der Waals surface area contributed by atoms with Crippen LogP contribution in [0.5, 0.6) is 5.75 Å². The van der Waals surface area contributed by atoms with E-state index in [1.54, 1.807) is 25.3 Å². The van der Waals surface area contributed by atoms with Gasteiger partial charge in [0.15, 0.2) is 0 Å². The lowest BCUT2D eigenvalue weighted by Crippen LogP contribution is -2.17. The van der Waals surface area contributed by atoms with Crippen molar-refractivity contribution < 1.29 is 14.3 Å². The van der Waals surface area contributed by atoms with Crippen molar-refractivity contribution in [3.8, 4) is 5.75 Å². The quantitative estimate of drug-likeness (QED) is 0.718. The first kappa shape index (κ1) is 16.3. The third kappa shape index (κ3) is 5.48. The fourth-order valence-electron chi connectivity index (χ4n) is 1.84. The monoisotopic (exact) mass is 280 g/mol. The predicted molar refractivity (Wildman–Crippen MR) is 81.0 cm³/mol. The van der Waals surface area contributed by atoms with E-state index in [-0.39, 0.29) is 12.0 Å². The Kier molecular flexibility index (Phi) is 6.87. The van der Waals surface area contributed by atoms with Crippen molar-refractivity contribution >= 4 is 17.3 Å². The van der Waals surface area contributed by atoms with Crippen LogP contribution in [-0.2, 0) is 9.53 Å². The molecule has 1 atom stereocenters. The number of ether oxygens (including phenoxy) is 2. The van der Waals surface area contributed by atoms with Crippen molar-refractivity contribution in [2.45, 2.75) is 39.2 Å². The van der Waals surface area contributed by atoms with Gasteiger partial charge >= 0.3 is 0 Å². The highest BCUT2D eigenvalue weighted by Crippen LogP contribution is 2.24. The maximum atomic E-state index is 11.8. The Morgan fingerprint density at radius 3 is 2.80 bits per heavy atom. The van der Waals surface area contributed by atoms with E-state index in [2.05, 4.69) is 12.2 Å². The van der Waals surface area contributed by atoms with Crippen LogP contribution in [0.15, 0.2) is 18.2 Å². The summed E-state index contributed by atoms with van der Waals surface area (Å²) < 4.78 is 10.6. The number of rotatable bonds is 8. The molecule has 0 saturated heterocycles. The molecule has 3 N–H and O–H groups in total. The van der Waals surface area contributed by atoms with Gasteiger partial charge in [0.25, 0.3) is 0 Å². The van der Waals surface area contributed by atoms with Gasteiger partial charge in [0.1, 0.15) is 5.75 Å². The summed E-state index contributed by atoms with van der Waals surface area (Å²) in [5, 5.41) is 2.77. The lowest BCUT2D eigenvalue weighted by Gasteiger charge is -2.12. The Hall–Kier alpha value is -1.75. The van der Waals surface area contributed by atoms with Gasteiger partial charge in [0.2, 0.25) is 5.91 Å². The van der Waals surface area contributed by atoms with Crippen LogP contribution in [0.2, 0.25) is 0 Å². The van der Waals surface area contributed by atoms with E-state index in [1.807, 2.05) is 6.92 Å². The van der Waals surface area contributed by atoms with Crippen molar-refractivity contribution in [3.63, 3.8) is 0 Å². The number of amides is 1. The number of nitrogen functional groups attached to an aromatic ring is 1. The van der Waals surface area contributed by atoms with Crippen LogP contribution >= 0.6 is 0 Å². The molecule has 1 aromatic carbocycles. The number of carbonyl (C=O) groups excluding carboxylic acids is 1. The number of carbonyl (C=O) groups is 1. The van der Waals surface area contributed by atoms with E-state index >= 15 is 0 Å². The molecule has 0 aliphatic rings. The average Bonchev–Trinajstić information content (AvgIpc) is 2.41. The second kappa shape index (κ2) is 8.43. The third-order valence-corrected chi connectivity index (χ3v) is 2.96. The smallest absolute Gasteiger partial charge is 0.226 e. The Bertz CT molecular complexity index is 435. The molecule has 20 heavy (non-hydrogen) atoms. The molecule has 1 unspecified atom stereocenters. The van der Waals surface area contributed by atoms with Crippen molar-refractivity contribution in [2.24, 2.45) is 0 Å². The highest BCUT2D eigenvalue weighted by atomic mass is 16.5. The molecule has 1 rings (SSSR count). The average molecular weight is 280 g/mol. The minimum absolute atomic E-state index is 0.106. The Morgan fingerprint density at radius 1 is 1.45 bits per heavy atom. The minimum Gasteiger partial charge on any atom is -0.497 e. The van der Waals surface area contributed by atoms with Gasteiger partial charge in [-0.05, 0) is 25.5 Å². The van der Waals surface area contributed by atoms with Crippen LogP contribution in [0.4, 0.5) is 11.4 Å². The molecule has 112 valence electrons. The van der Waals surface area contributed by atoms with Gasteiger partial charge in [0, 0.05) is 6.07 Å². The second-order valence-electron chi connectivity index (χ2n) is 4.72. The predicted octanol–water partition coefficient (Wildman–Crippen LogP) is 2.81. The standard InChI is InChI=1S/C15H24N2O3/c1-4-5-11(2)20-9-8-15(18)17-14-7-6-12(19-3)10-13(14)16/h6-7,10-11H,4-5,8-9,16H2,1-3H3,(H,17,18). The number of nitrogens with two attached hydrogens (primary N) is 1. The van der Waals surface area contributed by atoms with Crippen molar-refractivity contribution in [1.82, 2.24) is 0 Å². The summed E-state index contributed by atoms with van der Waals surface area (Å²) in [7, 11) is 1.57. The Morgan fingerprint density at radius 2 is 2.20 bits per heavy atom. The summed E-state index contributed by atoms with van der Waals surface area (Å²) in [6, 6.07) is 5.16. The largest absolute Gasteiger partial charge is 0.497 e. The molecular weight excluding hydrogens is 256 g/mol. The van der Waals surface area contributed by atoms with Crippen LogP contribution in [0.25, 0.3) is 0 Å².